The van der Waals surface area contributed by atoms with Crippen LogP contribution in [0.3, 0.4) is 0 Å². The summed E-state index contributed by atoms with van der Waals surface area (Å²) in [5, 5.41) is 2.97. The Morgan fingerprint density at radius 3 is 2.90 bits per heavy atom. The molecule has 1 aliphatic rings. The molecule has 3 rings (SSSR count). The van der Waals surface area contributed by atoms with E-state index >= 15 is 0 Å². The first-order chi connectivity index (χ1) is 10.1. The van der Waals surface area contributed by atoms with Gasteiger partial charge in [0.25, 0.3) is 0 Å². The average molecular weight is 286 g/mol. The molecule has 1 fully saturated rings. The number of imidazole rings is 1. The number of aryl methyl sites for hydroxylation is 1. The van der Waals surface area contributed by atoms with Gasteiger partial charge in [-0.05, 0) is 38.3 Å². The zero-order valence-electron chi connectivity index (χ0n) is 12.4. The van der Waals surface area contributed by atoms with Crippen molar-refractivity contribution in [2.45, 2.75) is 44.7 Å². The van der Waals surface area contributed by atoms with Crippen LogP contribution < -0.4 is 11.1 Å². The van der Waals surface area contributed by atoms with Gasteiger partial charge in [-0.15, -0.1) is 0 Å². The van der Waals surface area contributed by atoms with Gasteiger partial charge in [-0.2, -0.15) is 0 Å². The molecular formula is C16H22N4O. The van der Waals surface area contributed by atoms with Gasteiger partial charge in [-0.25, -0.2) is 4.98 Å². The number of rotatable bonds is 5. The molecule has 1 aliphatic carbocycles. The summed E-state index contributed by atoms with van der Waals surface area (Å²) < 4.78 is 2.14. The number of aromatic nitrogens is 2. The third-order valence-corrected chi connectivity index (χ3v) is 4.36. The van der Waals surface area contributed by atoms with Crippen molar-refractivity contribution in [1.29, 1.82) is 0 Å². The van der Waals surface area contributed by atoms with Gasteiger partial charge in [0, 0.05) is 25.0 Å². The van der Waals surface area contributed by atoms with E-state index in [1.807, 2.05) is 25.1 Å². The Labute approximate surface area is 124 Å². The van der Waals surface area contributed by atoms with E-state index < -0.39 is 0 Å². The number of amides is 1. The number of nitrogens with one attached hydrogen (secondary N) is 1. The Balaban J connectivity index is 1.57. The number of nitrogens with two attached hydrogens (primary N) is 1. The monoisotopic (exact) mass is 286 g/mol. The van der Waals surface area contributed by atoms with Gasteiger partial charge in [0.2, 0.25) is 5.91 Å². The summed E-state index contributed by atoms with van der Waals surface area (Å²) in [6, 6.07) is 8.06. The Bertz CT molecular complexity index is 657. The van der Waals surface area contributed by atoms with Crippen LogP contribution in [-0.4, -0.2) is 27.5 Å². The third-order valence-electron chi connectivity index (χ3n) is 4.36. The molecule has 5 nitrogen and oxygen atoms in total. The maximum atomic E-state index is 11.9. The molecule has 1 aromatic heterocycles. The molecule has 21 heavy (non-hydrogen) atoms. The van der Waals surface area contributed by atoms with Crippen molar-refractivity contribution in [1.82, 2.24) is 14.9 Å². The van der Waals surface area contributed by atoms with Crippen molar-refractivity contribution in [2.24, 2.45) is 5.73 Å². The van der Waals surface area contributed by atoms with E-state index in [0.29, 0.717) is 13.0 Å². The van der Waals surface area contributed by atoms with Crippen molar-refractivity contribution in [2.75, 3.05) is 6.54 Å². The second kappa shape index (κ2) is 5.48. The Kier molecular flexibility index (Phi) is 3.68. The van der Waals surface area contributed by atoms with Crippen molar-refractivity contribution in [3.8, 4) is 0 Å². The fourth-order valence-electron chi connectivity index (χ4n) is 2.98. The standard InChI is InChI=1S/C16H22N4O/c1-12-19-13-5-2-3-6-14(13)20(12)10-9-18-15(21)11-16(17)7-4-8-16/h2-3,5-6H,4,7-11,17H2,1H3,(H,18,21). The molecule has 0 atom stereocenters. The lowest BCUT2D eigenvalue weighted by Crippen LogP contribution is -2.50. The van der Waals surface area contributed by atoms with E-state index in [-0.39, 0.29) is 11.4 Å². The lowest BCUT2D eigenvalue weighted by Gasteiger charge is -2.37. The molecule has 0 unspecified atom stereocenters. The van der Waals surface area contributed by atoms with Crippen LogP contribution in [0.5, 0.6) is 0 Å². The minimum absolute atomic E-state index is 0.0549. The number of benzene rings is 1. The molecule has 1 saturated carbocycles. The van der Waals surface area contributed by atoms with Crippen LogP contribution in [0.15, 0.2) is 24.3 Å². The highest BCUT2D eigenvalue weighted by Gasteiger charge is 2.34. The van der Waals surface area contributed by atoms with Crippen molar-refractivity contribution >= 4 is 16.9 Å². The van der Waals surface area contributed by atoms with Gasteiger partial charge < -0.3 is 15.6 Å². The molecule has 0 radical (unpaired) electrons. The van der Waals surface area contributed by atoms with Gasteiger partial charge in [0.15, 0.2) is 0 Å². The van der Waals surface area contributed by atoms with Crippen LogP contribution in [0.25, 0.3) is 11.0 Å². The zero-order chi connectivity index (χ0) is 14.9. The van der Waals surface area contributed by atoms with Crippen LogP contribution in [-0.2, 0) is 11.3 Å². The summed E-state index contributed by atoms with van der Waals surface area (Å²) >= 11 is 0. The normalized spacial score (nSPS) is 16.7. The van der Waals surface area contributed by atoms with E-state index in [1.165, 1.54) is 0 Å². The number of fused-ring (bicyclic) bond motifs is 1. The molecule has 0 saturated heterocycles. The molecule has 112 valence electrons. The quantitative estimate of drug-likeness (QED) is 0.879. The van der Waals surface area contributed by atoms with Crippen LogP contribution in [0.2, 0.25) is 0 Å². The minimum atomic E-state index is -0.248. The molecule has 1 amide bonds. The van der Waals surface area contributed by atoms with Crippen LogP contribution >= 0.6 is 0 Å². The SMILES string of the molecule is Cc1nc2ccccc2n1CCNC(=O)CC1(N)CCC1. The summed E-state index contributed by atoms with van der Waals surface area (Å²) in [4.78, 5) is 16.4. The Morgan fingerprint density at radius 2 is 2.19 bits per heavy atom. The van der Waals surface area contributed by atoms with Gasteiger partial charge in [0.1, 0.15) is 5.82 Å². The largest absolute Gasteiger partial charge is 0.354 e. The third kappa shape index (κ3) is 2.93. The van der Waals surface area contributed by atoms with Crippen molar-refractivity contribution in [3.05, 3.63) is 30.1 Å². The van der Waals surface area contributed by atoms with Crippen molar-refractivity contribution < 1.29 is 4.79 Å². The molecule has 1 heterocycles. The highest BCUT2D eigenvalue weighted by Crippen LogP contribution is 2.31. The number of hydrogen-bond acceptors (Lipinski definition) is 3. The summed E-state index contributed by atoms with van der Waals surface area (Å²) in [7, 11) is 0. The molecular weight excluding hydrogens is 264 g/mol. The fraction of sp³-hybridized carbons (Fsp3) is 0.500. The molecule has 1 aromatic carbocycles. The predicted octanol–water partition coefficient (Wildman–Crippen LogP) is 1.73. The van der Waals surface area contributed by atoms with E-state index in [4.69, 9.17) is 5.73 Å². The van der Waals surface area contributed by atoms with E-state index in [0.717, 1.165) is 42.7 Å². The topological polar surface area (TPSA) is 72.9 Å². The summed E-state index contributed by atoms with van der Waals surface area (Å²) in [6.07, 6.45) is 3.51. The second-order valence-corrected chi connectivity index (χ2v) is 6.04. The molecule has 5 heteroatoms. The first-order valence-electron chi connectivity index (χ1n) is 7.55. The van der Waals surface area contributed by atoms with E-state index in [1.54, 1.807) is 0 Å². The van der Waals surface area contributed by atoms with Crippen LogP contribution in [0.4, 0.5) is 0 Å². The average Bonchev–Trinajstić information content (AvgIpc) is 2.73. The lowest BCUT2D eigenvalue weighted by molar-refractivity contribution is -0.123. The first kappa shape index (κ1) is 14.1. The number of hydrogen-bond donors (Lipinski definition) is 2. The highest BCUT2D eigenvalue weighted by molar-refractivity contribution is 5.77. The maximum absolute atomic E-state index is 11.9. The smallest absolute Gasteiger partial charge is 0.221 e. The summed E-state index contributed by atoms with van der Waals surface area (Å²) in [6.45, 7) is 3.33. The summed E-state index contributed by atoms with van der Waals surface area (Å²) in [5.41, 5.74) is 7.95. The van der Waals surface area contributed by atoms with Gasteiger partial charge in [-0.1, -0.05) is 12.1 Å². The Hall–Kier alpha value is -1.88. The summed E-state index contributed by atoms with van der Waals surface area (Å²) in [5.74, 6) is 1.03. The van der Waals surface area contributed by atoms with Crippen molar-refractivity contribution in [3.63, 3.8) is 0 Å². The van der Waals surface area contributed by atoms with Gasteiger partial charge >= 0.3 is 0 Å². The number of carbonyl (C=O) groups excluding carboxylic acids is 1. The first-order valence-corrected chi connectivity index (χ1v) is 7.55. The maximum Gasteiger partial charge on any atom is 0.221 e. The number of para-hydroxylation sites is 2. The fourth-order valence-corrected chi connectivity index (χ4v) is 2.98. The van der Waals surface area contributed by atoms with Gasteiger partial charge in [-0.3, -0.25) is 4.79 Å². The highest BCUT2D eigenvalue weighted by atomic mass is 16.1. The lowest BCUT2D eigenvalue weighted by atomic mass is 9.75. The molecule has 2 aromatic rings. The molecule has 0 spiro atoms. The number of nitrogens with zero attached hydrogens (tertiary/aromatic N) is 2. The minimum Gasteiger partial charge on any atom is -0.354 e. The zero-order valence-corrected chi connectivity index (χ0v) is 12.4. The molecule has 3 N–H and O–H groups in total. The predicted molar refractivity (Wildman–Crippen MR) is 82.9 cm³/mol. The van der Waals surface area contributed by atoms with Gasteiger partial charge in [0.05, 0.1) is 11.0 Å². The molecule has 0 aliphatic heterocycles. The van der Waals surface area contributed by atoms with E-state index in [9.17, 15) is 4.79 Å². The van der Waals surface area contributed by atoms with Crippen LogP contribution in [0.1, 0.15) is 31.5 Å². The Morgan fingerprint density at radius 1 is 1.43 bits per heavy atom. The number of carbonyl (C=O) groups is 1. The van der Waals surface area contributed by atoms with E-state index in [2.05, 4.69) is 20.9 Å². The molecule has 0 bridgehead atoms. The van der Waals surface area contributed by atoms with Crippen LogP contribution in [0, 0.1) is 6.92 Å². The second-order valence-electron chi connectivity index (χ2n) is 6.04.